The van der Waals surface area contributed by atoms with Crippen molar-refractivity contribution in [2.45, 2.75) is 13.3 Å². The van der Waals surface area contributed by atoms with E-state index in [0.29, 0.717) is 10.8 Å². The maximum atomic E-state index is 12.2. The highest BCUT2D eigenvalue weighted by atomic mass is 32.1. The average Bonchev–Trinajstić information content (AvgIpc) is 3.32. The number of hydrogen-bond donors (Lipinski definition) is 1. The topological polar surface area (TPSA) is 90.4 Å². The highest BCUT2D eigenvalue weighted by Gasteiger charge is 2.14. The fraction of sp³-hybridized carbons (Fsp3) is 0.222. The summed E-state index contributed by atoms with van der Waals surface area (Å²) < 4.78 is 10.1. The Bertz CT molecular complexity index is 951. The van der Waals surface area contributed by atoms with Gasteiger partial charge in [-0.05, 0) is 19.1 Å². The van der Waals surface area contributed by atoms with Crippen molar-refractivity contribution in [2.24, 2.45) is 0 Å². The molecule has 0 aliphatic rings. The maximum absolute atomic E-state index is 12.2. The van der Waals surface area contributed by atoms with Crippen LogP contribution in [0.25, 0.3) is 10.6 Å². The van der Waals surface area contributed by atoms with E-state index in [1.165, 1.54) is 22.7 Å². The normalized spacial score (nSPS) is 10.4. The predicted octanol–water partition coefficient (Wildman–Crippen LogP) is 3.63. The second-order valence-corrected chi connectivity index (χ2v) is 7.08. The summed E-state index contributed by atoms with van der Waals surface area (Å²) >= 11 is 2.64. The number of aromatic nitrogens is 2. The van der Waals surface area contributed by atoms with E-state index >= 15 is 0 Å². The average molecular weight is 403 g/mol. The van der Waals surface area contributed by atoms with E-state index in [9.17, 15) is 9.59 Å². The smallest absolute Gasteiger partial charge is 0.357 e. The van der Waals surface area contributed by atoms with Gasteiger partial charge in [0.1, 0.15) is 10.8 Å². The second-order valence-electron chi connectivity index (χ2n) is 5.36. The Morgan fingerprint density at radius 2 is 2.04 bits per heavy atom. The molecule has 140 valence electrons. The van der Waals surface area contributed by atoms with Gasteiger partial charge >= 0.3 is 5.97 Å². The van der Waals surface area contributed by atoms with Crippen molar-refractivity contribution < 1.29 is 19.1 Å². The van der Waals surface area contributed by atoms with Gasteiger partial charge in [0.15, 0.2) is 10.8 Å². The van der Waals surface area contributed by atoms with E-state index in [1.807, 2.05) is 29.6 Å². The van der Waals surface area contributed by atoms with Crippen LogP contribution in [0.3, 0.4) is 0 Å². The molecule has 0 bridgehead atoms. The highest BCUT2D eigenvalue weighted by molar-refractivity contribution is 7.14. The number of carbonyl (C=O) groups is 2. The van der Waals surface area contributed by atoms with Crippen LogP contribution in [-0.2, 0) is 16.0 Å². The Balaban J connectivity index is 1.62. The minimum Gasteiger partial charge on any atom is -0.497 e. The number of amides is 1. The number of methoxy groups -OCH3 is 1. The molecule has 3 rings (SSSR count). The molecule has 1 N–H and O–H groups in total. The molecule has 2 aromatic heterocycles. The molecule has 0 aliphatic heterocycles. The largest absolute Gasteiger partial charge is 0.497 e. The van der Waals surface area contributed by atoms with Crippen LogP contribution < -0.4 is 10.1 Å². The summed E-state index contributed by atoms with van der Waals surface area (Å²) in [5.74, 6) is 0.00194. The molecule has 9 heteroatoms. The van der Waals surface area contributed by atoms with Crippen LogP contribution in [0.1, 0.15) is 23.1 Å². The summed E-state index contributed by atoms with van der Waals surface area (Å²) in [5, 5.41) is 7.25. The number of thiazole rings is 2. The van der Waals surface area contributed by atoms with E-state index in [-0.39, 0.29) is 24.6 Å². The maximum Gasteiger partial charge on any atom is 0.357 e. The van der Waals surface area contributed by atoms with Gasteiger partial charge in [-0.3, -0.25) is 4.79 Å². The van der Waals surface area contributed by atoms with Crippen LogP contribution in [0.4, 0.5) is 5.13 Å². The fourth-order valence-corrected chi connectivity index (χ4v) is 3.75. The number of anilines is 1. The molecule has 1 aromatic carbocycles. The standard InChI is InChI=1S/C18H17N3O4S2/c1-3-25-17(23)14-10-27-18(20-14)21-15(22)8-12-9-26-16(19-12)11-5-4-6-13(7-11)24-2/h4-7,9-10H,3,8H2,1-2H3,(H,20,21,22). The van der Waals surface area contributed by atoms with Crippen molar-refractivity contribution in [2.75, 3.05) is 19.0 Å². The number of nitrogens with zero attached hydrogens (tertiary/aromatic N) is 2. The zero-order valence-corrected chi connectivity index (χ0v) is 16.4. The predicted molar refractivity (Wildman–Crippen MR) is 105 cm³/mol. The molecular weight excluding hydrogens is 386 g/mol. The number of rotatable bonds is 7. The lowest BCUT2D eigenvalue weighted by Crippen LogP contribution is -2.15. The molecule has 0 radical (unpaired) electrons. The number of esters is 1. The molecule has 3 aromatic rings. The van der Waals surface area contributed by atoms with Crippen LogP contribution in [0, 0.1) is 0 Å². The lowest BCUT2D eigenvalue weighted by atomic mass is 10.2. The van der Waals surface area contributed by atoms with Gasteiger partial charge in [-0.2, -0.15) is 0 Å². The third-order valence-electron chi connectivity index (χ3n) is 3.45. The van der Waals surface area contributed by atoms with Crippen LogP contribution in [0.5, 0.6) is 5.75 Å². The molecule has 2 heterocycles. The van der Waals surface area contributed by atoms with Gasteiger partial charge in [-0.15, -0.1) is 22.7 Å². The van der Waals surface area contributed by atoms with Crippen LogP contribution in [0.15, 0.2) is 35.0 Å². The minimum absolute atomic E-state index is 0.120. The number of carbonyl (C=O) groups excluding carboxylic acids is 2. The van der Waals surface area contributed by atoms with Gasteiger partial charge in [0, 0.05) is 16.3 Å². The fourth-order valence-electron chi connectivity index (χ4n) is 2.23. The van der Waals surface area contributed by atoms with Crippen molar-refractivity contribution in [3.05, 3.63) is 46.4 Å². The molecule has 27 heavy (non-hydrogen) atoms. The Kier molecular flexibility index (Phi) is 6.15. The van der Waals surface area contributed by atoms with Gasteiger partial charge in [-0.1, -0.05) is 12.1 Å². The molecule has 0 atom stereocenters. The molecule has 0 saturated heterocycles. The van der Waals surface area contributed by atoms with Gasteiger partial charge in [-0.25, -0.2) is 14.8 Å². The molecule has 7 nitrogen and oxygen atoms in total. The highest BCUT2D eigenvalue weighted by Crippen LogP contribution is 2.27. The first-order valence-corrected chi connectivity index (χ1v) is 9.86. The first-order chi connectivity index (χ1) is 13.1. The second kappa shape index (κ2) is 8.74. The lowest BCUT2D eigenvalue weighted by molar-refractivity contribution is -0.115. The van der Waals surface area contributed by atoms with E-state index in [4.69, 9.17) is 9.47 Å². The van der Waals surface area contributed by atoms with E-state index in [0.717, 1.165) is 16.3 Å². The van der Waals surface area contributed by atoms with Gasteiger partial charge in [0.05, 0.1) is 25.8 Å². The summed E-state index contributed by atoms with van der Waals surface area (Å²) in [6.45, 7) is 2.00. The first kappa shape index (κ1) is 19.0. The van der Waals surface area contributed by atoms with Crippen LogP contribution in [-0.4, -0.2) is 35.6 Å². The molecule has 0 unspecified atom stereocenters. The van der Waals surface area contributed by atoms with Gasteiger partial charge < -0.3 is 14.8 Å². The third-order valence-corrected chi connectivity index (χ3v) is 5.14. The summed E-state index contributed by atoms with van der Waals surface area (Å²) in [6.07, 6.45) is 0.120. The molecule has 0 aliphatic carbocycles. The minimum atomic E-state index is -0.503. The van der Waals surface area contributed by atoms with Crippen molar-refractivity contribution in [1.29, 1.82) is 0 Å². The van der Waals surface area contributed by atoms with Crippen molar-refractivity contribution >= 4 is 39.7 Å². The van der Waals surface area contributed by atoms with E-state index in [2.05, 4.69) is 15.3 Å². The van der Waals surface area contributed by atoms with Crippen molar-refractivity contribution in [1.82, 2.24) is 9.97 Å². The molecule has 0 spiro atoms. The van der Waals surface area contributed by atoms with Crippen LogP contribution >= 0.6 is 22.7 Å². The molecule has 0 saturated carbocycles. The molecule has 1 amide bonds. The SMILES string of the molecule is CCOC(=O)c1csc(NC(=O)Cc2csc(-c3cccc(OC)c3)n2)n1. The van der Waals surface area contributed by atoms with E-state index < -0.39 is 5.97 Å². The molecule has 0 fully saturated rings. The Hall–Kier alpha value is -2.78. The summed E-state index contributed by atoms with van der Waals surface area (Å²) in [5.41, 5.74) is 1.79. The van der Waals surface area contributed by atoms with E-state index in [1.54, 1.807) is 19.4 Å². The summed E-state index contributed by atoms with van der Waals surface area (Å²) in [7, 11) is 1.61. The van der Waals surface area contributed by atoms with Crippen molar-refractivity contribution in [3.8, 4) is 16.3 Å². The Morgan fingerprint density at radius 3 is 2.81 bits per heavy atom. The zero-order chi connectivity index (χ0) is 19.2. The number of hydrogen-bond acceptors (Lipinski definition) is 8. The third kappa shape index (κ3) is 4.89. The Labute approximate surface area is 164 Å². The molecular formula is C18H17N3O4S2. The lowest BCUT2D eigenvalue weighted by Gasteiger charge is -2.01. The first-order valence-electron chi connectivity index (χ1n) is 8.10. The Morgan fingerprint density at radius 1 is 1.19 bits per heavy atom. The zero-order valence-electron chi connectivity index (χ0n) is 14.7. The number of benzene rings is 1. The van der Waals surface area contributed by atoms with Gasteiger partial charge in [0.2, 0.25) is 5.91 Å². The summed E-state index contributed by atoms with van der Waals surface area (Å²) in [6, 6.07) is 7.60. The van der Waals surface area contributed by atoms with Crippen molar-refractivity contribution in [3.63, 3.8) is 0 Å². The number of ether oxygens (including phenoxy) is 2. The van der Waals surface area contributed by atoms with Gasteiger partial charge in [0.25, 0.3) is 0 Å². The monoisotopic (exact) mass is 403 g/mol. The number of nitrogens with one attached hydrogen (secondary N) is 1. The quantitative estimate of drug-likeness (QED) is 0.606. The summed E-state index contributed by atoms with van der Waals surface area (Å²) in [4.78, 5) is 32.4. The van der Waals surface area contributed by atoms with Crippen LogP contribution in [0.2, 0.25) is 0 Å².